The van der Waals surface area contributed by atoms with Gasteiger partial charge in [-0.3, -0.25) is 4.90 Å². The third kappa shape index (κ3) is 3.32. The molecule has 19 heavy (non-hydrogen) atoms. The Bertz CT molecular complexity index is 282. The Balaban J connectivity index is 1.62. The van der Waals surface area contributed by atoms with Gasteiger partial charge in [-0.1, -0.05) is 25.7 Å². The molecular weight excluding hydrogens is 236 g/mol. The van der Waals surface area contributed by atoms with Crippen molar-refractivity contribution < 1.29 is 5.11 Å². The molecule has 0 aromatic carbocycles. The van der Waals surface area contributed by atoms with Crippen molar-refractivity contribution in [3.05, 3.63) is 0 Å². The second-order valence-electron chi connectivity index (χ2n) is 7.02. The highest BCUT2D eigenvalue weighted by Gasteiger charge is 2.37. The van der Waals surface area contributed by atoms with Crippen molar-refractivity contribution >= 4 is 0 Å². The van der Waals surface area contributed by atoms with Crippen LogP contribution in [-0.2, 0) is 0 Å². The molecule has 0 radical (unpaired) electrons. The summed E-state index contributed by atoms with van der Waals surface area (Å²) in [7, 11) is 0. The van der Waals surface area contributed by atoms with Gasteiger partial charge in [0.1, 0.15) is 0 Å². The zero-order chi connectivity index (χ0) is 13.1. The lowest BCUT2D eigenvalue weighted by Crippen LogP contribution is -2.55. The van der Waals surface area contributed by atoms with E-state index in [4.69, 9.17) is 0 Å². The first-order valence-electron chi connectivity index (χ1n) is 8.47. The maximum Gasteiger partial charge on any atom is 0.0774 e. The molecule has 2 aliphatic heterocycles. The Hall–Kier alpha value is -0.120. The van der Waals surface area contributed by atoms with Crippen molar-refractivity contribution in [2.75, 3.05) is 19.6 Å². The van der Waals surface area contributed by atoms with Crippen LogP contribution in [0.15, 0.2) is 0 Å². The lowest BCUT2D eigenvalue weighted by atomic mass is 9.83. The molecule has 3 heteroatoms. The highest BCUT2D eigenvalue weighted by molar-refractivity contribution is 4.94. The van der Waals surface area contributed by atoms with Crippen molar-refractivity contribution in [1.82, 2.24) is 10.2 Å². The van der Waals surface area contributed by atoms with E-state index in [1.165, 1.54) is 64.5 Å². The molecule has 0 spiro atoms. The predicted molar refractivity (Wildman–Crippen MR) is 78.3 cm³/mol. The fraction of sp³-hybridized carbons (Fsp3) is 1.00. The van der Waals surface area contributed by atoms with E-state index in [2.05, 4.69) is 10.2 Å². The first kappa shape index (κ1) is 13.8. The molecule has 3 rings (SSSR count). The topological polar surface area (TPSA) is 35.5 Å². The average Bonchev–Trinajstić information content (AvgIpc) is 2.93. The minimum atomic E-state index is -0.382. The molecule has 3 aliphatic rings. The Kier molecular flexibility index (Phi) is 4.45. The molecule has 0 aromatic rings. The van der Waals surface area contributed by atoms with Gasteiger partial charge in [-0.15, -0.1) is 0 Å². The van der Waals surface area contributed by atoms with E-state index in [9.17, 15) is 5.11 Å². The monoisotopic (exact) mass is 266 g/mol. The number of likely N-dealkylation sites (tertiary alicyclic amines) is 1. The molecule has 2 unspecified atom stereocenters. The van der Waals surface area contributed by atoms with E-state index < -0.39 is 0 Å². The summed E-state index contributed by atoms with van der Waals surface area (Å²) < 4.78 is 0. The van der Waals surface area contributed by atoms with Crippen LogP contribution in [0, 0.1) is 0 Å². The number of nitrogens with zero attached hydrogens (tertiary/aromatic N) is 1. The number of hydrogen-bond donors (Lipinski definition) is 2. The molecular formula is C16H30N2O. The second-order valence-corrected chi connectivity index (χ2v) is 7.02. The molecule has 2 saturated heterocycles. The van der Waals surface area contributed by atoms with Crippen LogP contribution in [0.1, 0.15) is 64.2 Å². The van der Waals surface area contributed by atoms with E-state index in [1.54, 1.807) is 0 Å². The van der Waals surface area contributed by atoms with Gasteiger partial charge in [-0.2, -0.15) is 0 Å². The normalized spacial score (nSPS) is 36.5. The molecule has 2 atom stereocenters. The van der Waals surface area contributed by atoms with Crippen LogP contribution in [0.5, 0.6) is 0 Å². The Morgan fingerprint density at radius 1 is 1.00 bits per heavy atom. The van der Waals surface area contributed by atoms with Crippen molar-refractivity contribution in [3.63, 3.8) is 0 Å². The van der Waals surface area contributed by atoms with Gasteiger partial charge in [0, 0.05) is 18.6 Å². The lowest BCUT2D eigenvalue weighted by Gasteiger charge is -2.44. The fourth-order valence-electron chi connectivity index (χ4n) is 4.45. The average molecular weight is 266 g/mol. The largest absolute Gasteiger partial charge is 0.389 e. The Labute approximate surface area is 117 Å². The standard InChI is InChI=1S/C16H30N2O/c19-16(9-3-1-4-10-16)13-18-12-5-2-8-15(18)14-7-6-11-17-14/h14-15,17,19H,1-13H2. The van der Waals surface area contributed by atoms with Crippen molar-refractivity contribution in [1.29, 1.82) is 0 Å². The third-order valence-electron chi connectivity index (χ3n) is 5.51. The maximum atomic E-state index is 10.8. The van der Waals surface area contributed by atoms with Crippen LogP contribution in [0.25, 0.3) is 0 Å². The zero-order valence-corrected chi connectivity index (χ0v) is 12.2. The van der Waals surface area contributed by atoms with Gasteiger partial charge in [0.05, 0.1) is 5.60 Å². The van der Waals surface area contributed by atoms with Crippen molar-refractivity contribution in [2.24, 2.45) is 0 Å². The van der Waals surface area contributed by atoms with Gasteiger partial charge < -0.3 is 10.4 Å². The molecule has 110 valence electrons. The van der Waals surface area contributed by atoms with E-state index in [1.807, 2.05) is 0 Å². The highest BCUT2D eigenvalue weighted by atomic mass is 16.3. The third-order valence-corrected chi connectivity index (χ3v) is 5.51. The second kappa shape index (κ2) is 6.11. The number of β-amino-alcohol motifs (C(OH)–C–C–N with tert-alkyl or cyclic N) is 1. The van der Waals surface area contributed by atoms with Crippen LogP contribution in [-0.4, -0.2) is 47.3 Å². The highest BCUT2D eigenvalue weighted by Crippen LogP contribution is 2.32. The van der Waals surface area contributed by atoms with Crippen LogP contribution in [0.2, 0.25) is 0 Å². The molecule has 3 fully saturated rings. The summed E-state index contributed by atoms with van der Waals surface area (Å²) in [6, 6.07) is 1.37. The van der Waals surface area contributed by atoms with Crippen LogP contribution in [0.3, 0.4) is 0 Å². The van der Waals surface area contributed by atoms with E-state index in [0.717, 1.165) is 19.4 Å². The zero-order valence-electron chi connectivity index (χ0n) is 12.2. The van der Waals surface area contributed by atoms with E-state index >= 15 is 0 Å². The molecule has 1 aliphatic carbocycles. The van der Waals surface area contributed by atoms with Crippen LogP contribution < -0.4 is 5.32 Å². The minimum Gasteiger partial charge on any atom is -0.389 e. The Morgan fingerprint density at radius 2 is 1.84 bits per heavy atom. The molecule has 3 nitrogen and oxygen atoms in total. The van der Waals surface area contributed by atoms with E-state index in [0.29, 0.717) is 12.1 Å². The lowest BCUT2D eigenvalue weighted by molar-refractivity contribution is -0.0457. The van der Waals surface area contributed by atoms with E-state index in [-0.39, 0.29) is 5.60 Å². The van der Waals surface area contributed by atoms with Crippen LogP contribution in [0.4, 0.5) is 0 Å². The summed E-state index contributed by atoms with van der Waals surface area (Å²) in [6.45, 7) is 3.32. The number of piperidine rings is 1. The minimum absolute atomic E-state index is 0.382. The molecule has 0 bridgehead atoms. The van der Waals surface area contributed by atoms with Crippen molar-refractivity contribution in [3.8, 4) is 0 Å². The predicted octanol–water partition coefficient (Wildman–Crippen LogP) is 2.29. The molecule has 0 aromatic heterocycles. The maximum absolute atomic E-state index is 10.8. The quantitative estimate of drug-likeness (QED) is 0.823. The van der Waals surface area contributed by atoms with Gasteiger partial charge in [-0.25, -0.2) is 0 Å². The smallest absolute Gasteiger partial charge is 0.0774 e. The summed E-state index contributed by atoms with van der Waals surface area (Å²) in [4.78, 5) is 2.62. The molecule has 2 heterocycles. The molecule has 2 N–H and O–H groups in total. The summed E-state index contributed by atoms with van der Waals surface area (Å²) in [5.41, 5.74) is -0.382. The number of hydrogen-bond acceptors (Lipinski definition) is 3. The Morgan fingerprint density at radius 3 is 2.58 bits per heavy atom. The van der Waals surface area contributed by atoms with Crippen molar-refractivity contribution in [2.45, 2.75) is 81.9 Å². The van der Waals surface area contributed by atoms with Gasteiger partial charge in [0.25, 0.3) is 0 Å². The van der Waals surface area contributed by atoms with Crippen LogP contribution >= 0.6 is 0 Å². The first-order chi connectivity index (χ1) is 9.27. The number of aliphatic hydroxyl groups is 1. The SMILES string of the molecule is OC1(CN2CCCCC2C2CCCN2)CCCCC1. The first-order valence-corrected chi connectivity index (χ1v) is 8.47. The summed E-state index contributed by atoms with van der Waals surface area (Å²) in [5.74, 6) is 0. The van der Waals surface area contributed by atoms with Gasteiger partial charge in [0.2, 0.25) is 0 Å². The number of nitrogens with one attached hydrogen (secondary N) is 1. The molecule has 1 saturated carbocycles. The fourth-order valence-corrected chi connectivity index (χ4v) is 4.45. The summed E-state index contributed by atoms with van der Waals surface area (Å²) in [5, 5.41) is 14.5. The molecule has 0 amide bonds. The van der Waals surface area contributed by atoms with Gasteiger partial charge >= 0.3 is 0 Å². The summed E-state index contributed by atoms with van der Waals surface area (Å²) in [6.07, 6.45) is 12.5. The van der Waals surface area contributed by atoms with Gasteiger partial charge in [-0.05, 0) is 51.6 Å². The van der Waals surface area contributed by atoms with Gasteiger partial charge in [0.15, 0.2) is 0 Å². The number of rotatable bonds is 3. The summed E-state index contributed by atoms with van der Waals surface area (Å²) >= 11 is 0.